The Morgan fingerprint density at radius 3 is 2.70 bits per heavy atom. The van der Waals surface area contributed by atoms with E-state index in [1.54, 1.807) is 42.5 Å². The molecule has 116 valence electrons. The van der Waals surface area contributed by atoms with E-state index in [2.05, 4.69) is 15.5 Å². The van der Waals surface area contributed by atoms with Crippen molar-refractivity contribution in [1.82, 2.24) is 10.2 Å². The maximum atomic E-state index is 12.3. The van der Waals surface area contributed by atoms with Crippen molar-refractivity contribution in [3.8, 4) is 11.6 Å². The van der Waals surface area contributed by atoms with Gasteiger partial charge in [0, 0.05) is 5.69 Å². The Bertz CT molecular complexity index is 906. The van der Waals surface area contributed by atoms with E-state index in [1.165, 1.54) is 7.11 Å². The van der Waals surface area contributed by atoms with Gasteiger partial charge in [-0.05, 0) is 30.3 Å². The summed E-state index contributed by atoms with van der Waals surface area (Å²) in [4.78, 5) is 24.2. The molecule has 0 aliphatic rings. The number of ether oxygens (including phenoxy) is 2. The zero-order valence-corrected chi connectivity index (χ0v) is 12.2. The number of H-pyrrole nitrogens is 1. The summed E-state index contributed by atoms with van der Waals surface area (Å²) in [5, 5.41) is 9.28. The number of benzene rings is 2. The molecule has 3 rings (SSSR count). The summed E-state index contributed by atoms with van der Waals surface area (Å²) < 4.78 is 10.1. The Balaban J connectivity index is 1.86. The van der Waals surface area contributed by atoms with Gasteiger partial charge in [0.1, 0.15) is 5.75 Å². The van der Waals surface area contributed by atoms with Gasteiger partial charge >= 0.3 is 6.09 Å². The second-order valence-electron chi connectivity index (χ2n) is 4.65. The largest absolute Gasteiger partial charge is 0.497 e. The highest BCUT2D eigenvalue weighted by Gasteiger charge is 2.13. The first-order valence-corrected chi connectivity index (χ1v) is 6.77. The van der Waals surface area contributed by atoms with Crippen LogP contribution in [0.1, 0.15) is 0 Å². The number of anilines is 1. The summed E-state index contributed by atoms with van der Waals surface area (Å²) >= 11 is 0. The number of nitrogens with one attached hydrogen (secondary N) is 2. The van der Waals surface area contributed by atoms with Crippen molar-refractivity contribution in [2.75, 3.05) is 12.4 Å². The van der Waals surface area contributed by atoms with Crippen LogP contribution in [-0.4, -0.2) is 23.4 Å². The zero-order chi connectivity index (χ0) is 16.2. The lowest BCUT2D eigenvalue weighted by molar-refractivity contribution is 0.212. The first-order chi connectivity index (χ1) is 11.2. The minimum Gasteiger partial charge on any atom is -0.497 e. The van der Waals surface area contributed by atoms with Gasteiger partial charge in [0.15, 0.2) is 0 Å². The number of hydrogen-bond acceptors (Lipinski definition) is 5. The molecule has 2 aromatic carbocycles. The number of amides is 1. The Kier molecular flexibility index (Phi) is 3.92. The molecule has 7 nitrogen and oxygen atoms in total. The average molecular weight is 311 g/mol. The van der Waals surface area contributed by atoms with Gasteiger partial charge in [0.2, 0.25) is 0 Å². The van der Waals surface area contributed by atoms with Crippen molar-refractivity contribution >= 4 is 22.7 Å². The van der Waals surface area contributed by atoms with Crippen LogP contribution in [0.4, 0.5) is 10.5 Å². The van der Waals surface area contributed by atoms with Crippen molar-refractivity contribution in [1.29, 1.82) is 0 Å². The van der Waals surface area contributed by atoms with E-state index in [1.807, 2.05) is 6.07 Å². The van der Waals surface area contributed by atoms with Crippen LogP contribution in [0.15, 0.2) is 53.3 Å². The molecule has 0 fully saturated rings. The summed E-state index contributed by atoms with van der Waals surface area (Å²) in [5.41, 5.74) is 0.573. The van der Waals surface area contributed by atoms with E-state index < -0.39 is 11.5 Å². The third-order valence-electron chi connectivity index (χ3n) is 3.15. The number of aromatic amines is 1. The van der Waals surface area contributed by atoms with Gasteiger partial charge in [-0.3, -0.25) is 15.2 Å². The molecular weight excluding hydrogens is 298 g/mol. The zero-order valence-electron chi connectivity index (χ0n) is 12.2. The Hall–Kier alpha value is -3.35. The molecule has 0 spiro atoms. The molecule has 0 saturated heterocycles. The number of carbonyl (C=O) groups excluding carboxylic acids is 1. The molecule has 0 aliphatic carbocycles. The molecule has 1 aromatic heterocycles. The normalized spacial score (nSPS) is 10.3. The van der Waals surface area contributed by atoms with E-state index in [-0.39, 0.29) is 5.88 Å². The Labute approximate surface area is 130 Å². The second kappa shape index (κ2) is 6.18. The molecule has 3 aromatic rings. The molecule has 1 heterocycles. The highest BCUT2D eigenvalue weighted by molar-refractivity contribution is 5.87. The maximum Gasteiger partial charge on any atom is 0.418 e. The first kappa shape index (κ1) is 14.6. The summed E-state index contributed by atoms with van der Waals surface area (Å²) in [6.45, 7) is 0. The summed E-state index contributed by atoms with van der Waals surface area (Å²) in [6, 6.07) is 13.7. The van der Waals surface area contributed by atoms with E-state index in [0.29, 0.717) is 22.3 Å². The molecule has 0 bridgehead atoms. The summed E-state index contributed by atoms with van der Waals surface area (Å²) in [5.74, 6) is 0.188. The summed E-state index contributed by atoms with van der Waals surface area (Å²) in [7, 11) is 1.50. The number of rotatable bonds is 3. The van der Waals surface area contributed by atoms with Crippen molar-refractivity contribution in [2.24, 2.45) is 0 Å². The van der Waals surface area contributed by atoms with Crippen LogP contribution in [0.2, 0.25) is 0 Å². The number of nitrogens with zero attached hydrogens (tertiary/aromatic N) is 1. The average Bonchev–Trinajstić information content (AvgIpc) is 2.58. The molecule has 7 heteroatoms. The van der Waals surface area contributed by atoms with Crippen LogP contribution >= 0.6 is 0 Å². The Morgan fingerprint density at radius 2 is 1.96 bits per heavy atom. The monoisotopic (exact) mass is 311 g/mol. The van der Waals surface area contributed by atoms with Gasteiger partial charge in [-0.2, -0.15) is 0 Å². The van der Waals surface area contributed by atoms with Crippen molar-refractivity contribution in [2.45, 2.75) is 0 Å². The first-order valence-electron chi connectivity index (χ1n) is 6.77. The third kappa shape index (κ3) is 3.13. The molecule has 0 unspecified atom stereocenters. The topological polar surface area (TPSA) is 93.3 Å². The van der Waals surface area contributed by atoms with Gasteiger partial charge in [-0.1, -0.05) is 18.2 Å². The highest BCUT2D eigenvalue weighted by atomic mass is 16.6. The lowest BCUT2D eigenvalue weighted by atomic mass is 10.2. The molecule has 0 atom stereocenters. The quantitative estimate of drug-likeness (QED) is 0.775. The van der Waals surface area contributed by atoms with Gasteiger partial charge < -0.3 is 9.47 Å². The fourth-order valence-electron chi connectivity index (χ4n) is 2.03. The SMILES string of the molecule is COc1ccc2[nH]nc(OC(=O)Nc3ccccc3)c(=O)c2c1. The van der Waals surface area contributed by atoms with Gasteiger partial charge in [-0.25, -0.2) is 4.79 Å². The van der Waals surface area contributed by atoms with Crippen LogP contribution in [0.5, 0.6) is 11.6 Å². The third-order valence-corrected chi connectivity index (χ3v) is 3.15. The van der Waals surface area contributed by atoms with Crippen molar-refractivity contribution in [3.63, 3.8) is 0 Å². The van der Waals surface area contributed by atoms with E-state index in [0.717, 1.165) is 0 Å². The van der Waals surface area contributed by atoms with Crippen molar-refractivity contribution in [3.05, 3.63) is 58.8 Å². The number of para-hydroxylation sites is 1. The summed E-state index contributed by atoms with van der Waals surface area (Å²) in [6.07, 6.45) is -0.795. The fourth-order valence-corrected chi connectivity index (χ4v) is 2.03. The number of aromatic nitrogens is 2. The molecule has 2 N–H and O–H groups in total. The van der Waals surface area contributed by atoms with Gasteiger partial charge in [-0.15, -0.1) is 5.10 Å². The lowest BCUT2D eigenvalue weighted by Crippen LogP contribution is -2.22. The smallest absolute Gasteiger partial charge is 0.418 e. The number of methoxy groups -OCH3 is 1. The molecule has 1 amide bonds. The van der Waals surface area contributed by atoms with Gasteiger partial charge in [0.05, 0.1) is 18.0 Å². The van der Waals surface area contributed by atoms with Crippen molar-refractivity contribution < 1.29 is 14.3 Å². The predicted octanol–water partition coefficient (Wildman–Crippen LogP) is 2.54. The predicted molar refractivity (Wildman–Crippen MR) is 85.0 cm³/mol. The van der Waals surface area contributed by atoms with Crippen LogP contribution < -0.4 is 20.2 Å². The highest BCUT2D eigenvalue weighted by Crippen LogP contribution is 2.17. The maximum absolute atomic E-state index is 12.3. The molecule has 0 saturated carbocycles. The van der Waals surface area contributed by atoms with E-state index in [9.17, 15) is 9.59 Å². The standard InChI is InChI=1S/C16H13N3O4/c1-22-11-7-8-13-12(9-11)14(20)15(19-18-13)23-16(21)17-10-5-3-2-4-6-10/h2-9H,1H3,(H,17,21)(H,18,20). The number of hydrogen-bond donors (Lipinski definition) is 2. The van der Waals surface area contributed by atoms with Crippen LogP contribution in [0.3, 0.4) is 0 Å². The molecule has 0 aliphatic heterocycles. The second-order valence-corrected chi connectivity index (χ2v) is 4.65. The minimum atomic E-state index is -0.795. The Morgan fingerprint density at radius 1 is 1.17 bits per heavy atom. The molecule has 23 heavy (non-hydrogen) atoms. The van der Waals surface area contributed by atoms with E-state index >= 15 is 0 Å². The minimum absolute atomic E-state index is 0.321. The number of carbonyl (C=O) groups is 1. The van der Waals surface area contributed by atoms with Crippen LogP contribution in [0.25, 0.3) is 10.9 Å². The van der Waals surface area contributed by atoms with Crippen LogP contribution in [0, 0.1) is 0 Å². The lowest BCUT2D eigenvalue weighted by Gasteiger charge is -2.06. The fraction of sp³-hybridized carbons (Fsp3) is 0.0625. The van der Waals surface area contributed by atoms with E-state index in [4.69, 9.17) is 9.47 Å². The number of fused-ring (bicyclic) bond motifs is 1. The molecular formula is C16H13N3O4. The molecule has 0 radical (unpaired) electrons. The van der Waals surface area contributed by atoms with Gasteiger partial charge in [0.25, 0.3) is 11.3 Å². The van der Waals surface area contributed by atoms with Crippen LogP contribution in [-0.2, 0) is 0 Å².